The molecule has 1 heterocycles. The van der Waals surface area contributed by atoms with Crippen LogP contribution >= 0.6 is 0 Å². The first kappa shape index (κ1) is 17.5. The topological polar surface area (TPSA) is 92.0 Å². The minimum absolute atomic E-state index is 0.153. The minimum Gasteiger partial charge on any atom is -0.481 e. The second-order valence-corrected chi connectivity index (χ2v) is 5.18. The maximum absolute atomic E-state index is 12.2. The molecule has 0 saturated carbocycles. The molecule has 1 aromatic heterocycles. The Bertz CT molecular complexity index is 848. The van der Waals surface area contributed by atoms with Crippen molar-refractivity contribution in [1.82, 2.24) is 0 Å². The van der Waals surface area contributed by atoms with E-state index in [9.17, 15) is 14.4 Å². The summed E-state index contributed by atoms with van der Waals surface area (Å²) in [4.78, 5) is 34.8. The highest BCUT2D eigenvalue weighted by atomic mass is 16.6. The van der Waals surface area contributed by atoms with Crippen molar-refractivity contribution in [3.8, 4) is 5.75 Å². The monoisotopic (exact) mass is 334 g/mol. The third kappa shape index (κ3) is 3.40. The summed E-state index contributed by atoms with van der Waals surface area (Å²) in [6.45, 7) is 3.22. The lowest BCUT2D eigenvalue weighted by Gasteiger charge is -2.12. The number of carbonyl (C=O) groups excluding carboxylic acids is 2. The fourth-order valence-corrected chi connectivity index (χ4v) is 2.34. The van der Waals surface area contributed by atoms with Crippen molar-refractivity contribution in [2.24, 2.45) is 0 Å². The first-order valence-corrected chi connectivity index (χ1v) is 7.21. The quantitative estimate of drug-likeness (QED) is 0.606. The second-order valence-electron chi connectivity index (χ2n) is 5.18. The van der Waals surface area contributed by atoms with Gasteiger partial charge in [0.05, 0.1) is 26.2 Å². The number of hydrogen-bond donors (Lipinski definition) is 0. The molecule has 0 unspecified atom stereocenters. The number of fused-ring (bicyclic) bond motifs is 1. The SMILES string of the molecule is COC(=O)COc1ccc2c(C)c(CC(=O)OC)c(=O)oc2c1C. The van der Waals surface area contributed by atoms with Crippen LogP contribution in [-0.4, -0.2) is 32.8 Å². The predicted molar refractivity (Wildman–Crippen MR) is 85.2 cm³/mol. The smallest absolute Gasteiger partial charge is 0.343 e. The molecule has 0 aliphatic heterocycles. The Kier molecular flexibility index (Phi) is 5.23. The van der Waals surface area contributed by atoms with Crippen molar-refractivity contribution in [3.63, 3.8) is 0 Å². The zero-order valence-electron chi connectivity index (χ0n) is 13.9. The zero-order chi connectivity index (χ0) is 17.9. The van der Waals surface area contributed by atoms with E-state index in [1.165, 1.54) is 14.2 Å². The number of aryl methyl sites for hydroxylation is 2. The molecule has 1 aromatic carbocycles. The van der Waals surface area contributed by atoms with E-state index >= 15 is 0 Å². The van der Waals surface area contributed by atoms with Crippen LogP contribution in [-0.2, 0) is 25.5 Å². The molecule has 24 heavy (non-hydrogen) atoms. The van der Waals surface area contributed by atoms with Crippen LogP contribution in [0.3, 0.4) is 0 Å². The number of hydrogen-bond acceptors (Lipinski definition) is 7. The molecule has 2 rings (SSSR count). The van der Waals surface area contributed by atoms with Crippen LogP contribution in [0, 0.1) is 13.8 Å². The van der Waals surface area contributed by atoms with Gasteiger partial charge < -0.3 is 18.6 Å². The van der Waals surface area contributed by atoms with Crippen molar-refractivity contribution in [3.05, 3.63) is 39.2 Å². The predicted octanol–water partition coefficient (Wildman–Crippen LogP) is 1.68. The van der Waals surface area contributed by atoms with Crippen molar-refractivity contribution >= 4 is 22.9 Å². The van der Waals surface area contributed by atoms with Crippen LogP contribution in [0.4, 0.5) is 0 Å². The van der Waals surface area contributed by atoms with Gasteiger partial charge in [0.2, 0.25) is 0 Å². The molecule has 7 nitrogen and oxygen atoms in total. The van der Waals surface area contributed by atoms with Gasteiger partial charge >= 0.3 is 17.6 Å². The zero-order valence-corrected chi connectivity index (χ0v) is 13.9. The molecule has 0 N–H and O–H groups in total. The summed E-state index contributed by atoms with van der Waals surface area (Å²) >= 11 is 0. The molecule has 0 aliphatic rings. The standard InChI is InChI=1S/C17H18O7/c1-9-11-5-6-13(23-8-15(19)22-4)10(2)16(11)24-17(20)12(9)7-14(18)21-3/h5-6H,7-8H2,1-4H3. The Morgan fingerprint density at radius 1 is 1.04 bits per heavy atom. The van der Waals surface area contributed by atoms with Crippen molar-refractivity contribution in [2.75, 3.05) is 20.8 Å². The van der Waals surface area contributed by atoms with Crippen LogP contribution in [0.2, 0.25) is 0 Å². The number of carbonyl (C=O) groups is 2. The Hall–Kier alpha value is -2.83. The molecular formula is C17H18O7. The highest BCUT2D eigenvalue weighted by Gasteiger charge is 2.18. The average Bonchev–Trinajstić information content (AvgIpc) is 2.58. The van der Waals surface area contributed by atoms with E-state index < -0.39 is 17.6 Å². The minimum atomic E-state index is -0.599. The van der Waals surface area contributed by atoms with Gasteiger partial charge in [-0.25, -0.2) is 9.59 Å². The lowest BCUT2D eigenvalue weighted by molar-refractivity contribution is -0.143. The summed E-state index contributed by atoms with van der Waals surface area (Å²) in [5, 5.41) is 0.691. The largest absolute Gasteiger partial charge is 0.481 e. The van der Waals surface area contributed by atoms with Gasteiger partial charge in [0.15, 0.2) is 6.61 Å². The fraction of sp³-hybridized carbons (Fsp3) is 0.353. The Morgan fingerprint density at radius 2 is 1.71 bits per heavy atom. The fourth-order valence-electron chi connectivity index (χ4n) is 2.34. The van der Waals surface area contributed by atoms with E-state index in [-0.39, 0.29) is 18.6 Å². The Labute approximate surface area is 138 Å². The highest BCUT2D eigenvalue weighted by Crippen LogP contribution is 2.29. The Balaban J connectivity index is 2.49. The molecule has 128 valence electrons. The lowest BCUT2D eigenvalue weighted by Crippen LogP contribution is -2.17. The van der Waals surface area contributed by atoms with Crippen LogP contribution in [0.5, 0.6) is 5.75 Å². The molecule has 7 heteroatoms. The number of esters is 2. The highest BCUT2D eigenvalue weighted by molar-refractivity contribution is 5.87. The molecule has 2 aromatic rings. The third-order valence-electron chi connectivity index (χ3n) is 3.78. The van der Waals surface area contributed by atoms with E-state index in [0.717, 1.165) is 0 Å². The summed E-state index contributed by atoms with van der Waals surface area (Å²) in [7, 11) is 2.53. The van der Waals surface area contributed by atoms with Gasteiger partial charge in [0.1, 0.15) is 11.3 Å². The van der Waals surface area contributed by atoms with Gasteiger partial charge in [-0.05, 0) is 31.5 Å². The van der Waals surface area contributed by atoms with Gasteiger partial charge in [-0.3, -0.25) is 4.79 Å². The van der Waals surface area contributed by atoms with Gasteiger partial charge in [0.25, 0.3) is 0 Å². The summed E-state index contributed by atoms with van der Waals surface area (Å²) in [6.07, 6.45) is -0.153. The van der Waals surface area contributed by atoms with E-state index in [4.69, 9.17) is 9.15 Å². The van der Waals surface area contributed by atoms with Gasteiger partial charge in [-0.2, -0.15) is 0 Å². The van der Waals surface area contributed by atoms with E-state index in [1.807, 2.05) is 0 Å². The van der Waals surface area contributed by atoms with E-state index in [0.29, 0.717) is 27.8 Å². The molecule has 0 saturated heterocycles. The number of rotatable bonds is 5. The van der Waals surface area contributed by atoms with Crippen molar-refractivity contribution in [2.45, 2.75) is 20.3 Å². The molecular weight excluding hydrogens is 316 g/mol. The second kappa shape index (κ2) is 7.16. The Morgan fingerprint density at radius 3 is 2.33 bits per heavy atom. The van der Waals surface area contributed by atoms with Crippen molar-refractivity contribution < 1.29 is 28.2 Å². The molecule has 0 spiro atoms. The summed E-state index contributed by atoms with van der Waals surface area (Å²) in [6, 6.07) is 3.39. The van der Waals surface area contributed by atoms with Crippen LogP contribution in [0.1, 0.15) is 16.7 Å². The number of ether oxygens (including phenoxy) is 3. The lowest BCUT2D eigenvalue weighted by atomic mass is 10.0. The van der Waals surface area contributed by atoms with Crippen LogP contribution in [0.25, 0.3) is 11.0 Å². The van der Waals surface area contributed by atoms with Crippen molar-refractivity contribution in [1.29, 1.82) is 0 Å². The molecule has 0 atom stereocenters. The van der Waals surface area contributed by atoms with Gasteiger partial charge in [-0.1, -0.05) is 0 Å². The molecule has 0 aliphatic carbocycles. The number of benzene rings is 1. The van der Waals surface area contributed by atoms with Crippen LogP contribution < -0.4 is 10.4 Å². The summed E-state index contributed by atoms with van der Waals surface area (Å²) in [5.41, 5.74) is 1.25. The first-order valence-electron chi connectivity index (χ1n) is 7.21. The van der Waals surface area contributed by atoms with Gasteiger partial charge in [0, 0.05) is 10.9 Å². The van der Waals surface area contributed by atoms with E-state index in [2.05, 4.69) is 9.47 Å². The first-order chi connectivity index (χ1) is 11.4. The number of methoxy groups -OCH3 is 2. The average molecular weight is 334 g/mol. The molecule has 0 fully saturated rings. The van der Waals surface area contributed by atoms with E-state index in [1.54, 1.807) is 26.0 Å². The maximum atomic E-state index is 12.2. The summed E-state index contributed by atoms with van der Waals surface area (Å²) < 4.78 is 19.9. The van der Waals surface area contributed by atoms with Gasteiger partial charge in [-0.15, -0.1) is 0 Å². The molecule has 0 amide bonds. The normalized spacial score (nSPS) is 10.5. The summed E-state index contributed by atoms with van der Waals surface area (Å²) in [5.74, 6) is -0.615. The van der Waals surface area contributed by atoms with Crippen LogP contribution in [0.15, 0.2) is 21.3 Å². The molecule has 0 radical (unpaired) electrons. The third-order valence-corrected chi connectivity index (χ3v) is 3.78. The molecule has 0 bridgehead atoms. The maximum Gasteiger partial charge on any atom is 0.343 e.